The molecule has 0 saturated heterocycles. The number of thiophene rings is 1. The van der Waals surface area contributed by atoms with Crippen LogP contribution in [0.2, 0.25) is 0 Å². The number of aldehydes is 1. The van der Waals surface area contributed by atoms with E-state index in [1.807, 2.05) is 0 Å². The van der Waals surface area contributed by atoms with Crippen molar-refractivity contribution >= 4 is 23.6 Å². The Morgan fingerprint density at radius 2 is 1.75 bits per heavy atom. The molecule has 1 heterocycles. The number of alkyl halides is 3. The molecule has 1 aromatic heterocycles. The van der Waals surface area contributed by atoms with Gasteiger partial charge in [-0.2, -0.15) is 13.2 Å². The minimum Gasteiger partial charge on any atom is -0.422 e. The van der Waals surface area contributed by atoms with Gasteiger partial charge >= 0.3 is 12.1 Å². The van der Waals surface area contributed by atoms with E-state index in [0.29, 0.717) is 11.2 Å². The van der Waals surface area contributed by atoms with Crippen molar-refractivity contribution in [1.29, 1.82) is 0 Å². The van der Waals surface area contributed by atoms with Gasteiger partial charge < -0.3 is 4.74 Å². The van der Waals surface area contributed by atoms with Crippen LogP contribution in [0.15, 0.2) is 36.4 Å². The molecule has 3 nitrogen and oxygen atoms in total. The van der Waals surface area contributed by atoms with E-state index < -0.39 is 17.7 Å². The van der Waals surface area contributed by atoms with Crippen LogP contribution in [-0.2, 0) is 6.18 Å². The van der Waals surface area contributed by atoms with E-state index in [1.165, 1.54) is 12.1 Å². The molecule has 0 aliphatic carbocycles. The van der Waals surface area contributed by atoms with E-state index in [9.17, 15) is 22.8 Å². The maximum Gasteiger partial charge on any atom is 0.416 e. The number of esters is 1. The second-order valence-electron chi connectivity index (χ2n) is 3.73. The first-order chi connectivity index (χ1) is 9.40. The topological polar surface area (TPSA) is 43.4 Å². The highest BCUT2D eigenvalue weighted by atomic mass is 32.1. The molecular weight excluding hydrogens is 293 g/mol. The zero-order valence-corrected chi connectivity index (χ0v) is 10.6. The number of hydrogen-bond acceptors (Lipinski definition) is 4. The van der Waals surface area contributed by atoms with Crippen LogP contribution in [0, 0.1) is 0 Å². The third kappa shape index (κ3) is 3.24. The van der Waals surface area contributed by atoms with Crippen LogP contribution in [0.25, 0.3) is 0 Å². The Kier molecular flexibility index (Phi) is 3.89. The van der Waals surface area contributed by atoms with Gasteiger partial charge in [0.05, 0.1) is 10.4 Å². The van der Waals surface area contributed by atoms with Gasteiger partial charge in [0.2, 0.25) is 0 Å². The van der Waals surface area contributed by atoms with Crippen LogP contribution in [0.3, 0.4) is 0 Å². The summed E-state index contributed by atoms with van der Waals surface area (Å²) < 4.78 is 42.0. The van der Waals surface area contributed by atoms with Gasteiger partial charge in [-0.05, 0) is 36.4 Å². The first kappa shape index (κ1) is 14.3. The molecule has 1 aromatic carbocycles. The second kappa shape index (κ2) is 5.46. The van der Waals surface area contributed by atoms with Crippen LogP contribution in [0.5, 0.6) is 5.75 Å². The van der Waals surface area contributed by atoms with Crippen LogP contribution in [0.4, 0.5) is 13.2 Å². The first-order valence-corrected chi connectivity index (χ1v) is 6.16. The summed E-state index contributed by atoms with van der Waals surface area (Å²) in [4.78, 5) is 22.7. The molecule has 0 bridgehead atoms. The van der Waals surface area contributed by atoms with Crippen LogP contribution in [0.1, 0.15) is 24.9 Å². The number of halogens is 3. The minimum absolute atomic E-state index is 0.00375. The Balaban J connectivity index is 2.10. The maximum atomic E-state index is 12.3. The van der Waals surface area contributed by atoms with Gasteiger partial charge in [0.25, 0.3) is 0 Å². The highest BCUT2D eigenvalue weighted by Gasteiger charge is 2.30. The molecule has 2 aromatic rings. The Hall–Kier alpha value is -2.15. The van der Waals surface area contributed by atoms with Crippen molar-refractivity contribution in [2.45, 2.75) is 6.18 Å². The predicted octanol–water partition coefficient (Wildman–Crippen LogP) is 3.80. The lowest BCUT2D eigenvalue weighted by atomic mass is 10.2. The number of benzene rings is 1. The average Bonchev–Trinajstić information content (AvgIpc) is 2.87. The normalized spacial score (nSPS) is 11.2. The molecule has 0 N–H and O–H groups in total. The monoisotopic (exact) mass is 300 g/mol. The molecular formula is C13H7F3O3S. The van der Waals surface area contributed by atoms with Gasteiger partial charge in [0, 0.05) is 0 Å². The molecule has 104 valence electrons. The molecule has 0 aliphatic rings. The average molecular weight is 300 g/mol. The molecule has 0 spiro atoms. The summed E-state index contributed by atoms with van der Waals surface area (Å²) in [6.07, 6.45) is -3.84. The summed E-state index contributed by atoms with van der Waals surface area (Å²) in [6, 6.07) is 6.66. The molecule has 2 rings (SSSR count). The van der Waals surface area contributed by atoms with E-state index in [0.717, 1.165) is 35.6 Å². The van der Waals surface area contributed by atoms with Gasteiger partial charge in [-0.1, -0.05) is 0 Å². The van der Waals surface area contributed by atoms with Gasteiger partial charge in [-0.3, -0.25) is 4.79 Å². The quantitative estimate of drug-likeness (QED) is 0.492. The Bertz CT molecular complexity index is 629. The highest BCUT2D eigenvalue weighted by Crippen LogP contribution is 2.30. The van der Waals surface area contributed by atoms with E-state index in [1.54, 1.807) is 0 Å². The van der Waals surface area contributed by atoms with Gasteiger partial charge in [-0.25, -0.2) is 4.79 Å². The van der Waals surface area contributed by atoms with E-state index in [-0.39, 0.29) is 10.6 Å². The first-order valence-electron chi connectivity index (χ1n) is 5.34. The molecule has 0 atom stereocenters. The molecule has 0 saturated carbocycles. The van der Waals surface area contributed by atoms with Gasteiger partial charge in [0.15, 0.2) is 6.29 Å². The fourth-order valence-electron chi connectivity index (χ4n) is 1.40. The van der Waals surface area contributed by atoms with E-state index in [4.69, 9.17) is 4.74 Å². The Morgan fingerprint density at radius 3 is 2.25 bits per heavy atom. The van der Waals surface area contributed by atoms with Gasteiger partial charge in [0.1, 0.15) is 10.6 Å². The van der Waals surface area contributed by atoms with Crippen molar-refractivity contribution in [3.63, 3.8) is 0 Å². The molecule has 0 aliphatic heterocycles. The number of carbonyl (C=O) groups excluding carboxylic acids is 2. The third-order valence-electron chi connectivity index (χ3n) is 2.34. The third-order valence-corrected chi connectivity index (χ3v) is 3.33. The number of rotatable bonds is 3. The van der Waals surface area contributed by atoms with Crippen LogP contribution in [-0.4, -0.2) is 12.3 Å². The fraction of sp³-hybridized carbons (Fsp3) is 0.0769. The van der Waals surface area contributed by atoms with E-state index >= 15 is 0 Å². The predicted molar refractivity (Wildman–Crippen MR) is 66.1 cm³/mol. The summed E-state index contributed by atoms with van der Waals surface area (Å²) in [5.41, 5.74) is -0.823. The number of ether oxygens (including phenoxy) is 1. The lowest BCUT2D eigenvalue weighted by molar-refractivity contribution is -0.137. The molecule has 20 heavy (non-hydrogen) atoms. The van der Waals surface area contributed by atoms with Gasteiger partial charge in [-0.15, -0.1) is 11.3 Å². The summed E-state index contributed by atoms with van der Waals surface area (Å²) >= 11 is 0.945. The van der Waals surface area contributed by atoms with Crippen molar-refractivity contribution in [3.05, 3.63) is 51.7 Å². The standard InChI is InChI=1S/C13H7F3O3S/c14-13(15,16)8-1-3-9(4-2-8)19-12(18)11-6-5-10(7-17)20-11/h1-7H. The number of hydrogen-bond donors (Lipinski definition) is 0. The zero-order valence-electron chi connectivity index (χ0n) is 9.81. The minimum atomic E-state index is -4.44. The molecule has 7 heteroatoms. The zero-order chi connectivity index (χ0) is 14.8. The van der Waals surface area contributed by atoms with Crippen LogP contribution < -0.4 is 4.74 Å². The maximum absolute atomic E-state index is 12.3. The summed E-state index contributed by atoms with van der Waals surface area (Å²) in [7, 11) is 0. The lowest BCUT2D eigenvalue weighted by Crippen LogP contribution is -2.07. The highest BCUT2D eigenvalue weighted by molar-refractivity contribution is 7.15. The fourth-order valence-corrected chi connectivity index (χ4v) is 2.09. The molecule has 0 amide bonds. The SMILES string of the molecule is O=Cc1ccc(C(=O)Oc2ccc(C(F)(F)F)cc2)s1. The summed E-state index contributed by atoms with van der Waals surface area (Å²) in [5.74, 6) is -0.716. The Labute approximate surface area is 115 Å². The summed E-state index contributed by atoms with van der Waals surface area (Å²) in [5, 5.41) is 0. The number of carbonyl (C=O) groups is 2. The van der Waals surface area contributed by atoms with Crippen molar-refractivity contribution < 1.29 is 27.5 Å². The van der Waals surface area contributed by atoms with Crippen molar-refractivity contribution in [1.82, 2.24) is 0 Å². The van der Waals surface area contributed by atoms with Crippen molar-refractivity contribution in [3.8, 4) is 5.75 Å². The largest absolute Gasteiger partial charge is 0.422 e. The molecule has 0 unspecified atom stereocenters. The Morgan fingerprint density at radius 1 is 1.10 bits per heavy atom. The van der Waals surface area contributed by atoms with Crippen molar-refractivity contribution in [2.24, 2.45) is 0 Å². The lowest BCUT2D eigenvalue weighted by Gasteiger charge is -2.07. The van der Waals surface area contributed by atoms with Crippen LogP contribution >= 0.6 is 11.3 Å². The van der Waals surface area contributed by atoms with E-state index in [2.05, 4.69) is 0 Å². The molecule has 0 radical (unpaired) electrons. The van der Waals surface area contributed by atoms with Crippen molar-refractivity contribution in [2.75, 3.05) is 0 Å². The second-order valence-corrected chi connectivity index (χ2v) is 4.85. The molecule has 0 fully saturated rings. The summed E-state index contributed by atoms with van der Waals surface area (Å²) in [6.45, 7) is 0. The smallest absolute Gasteiger partial charge is 0.416 e.